The van der Waals surface area contributed by atoms with Crippen LogP contribution >= 0.6 is 0 Å². The first-order valence-electron chi connectivity index (χ1n) is 17.1. The first-order valence-corrected chi connectivity index (χ1v) is 18.5. The smallest absolute Gasteiger partial charge is 0.302 e. The van der Waals surface area contributed by atoms with Gasteiger partial charge in [-0.1, -0.05) is 71.6 Å². The number of carbonyl (C=O) groups is 1. The molecule has 0 amide bonds. The summed E-state index contributed by atoms with van der Waals surface area (Å²) < 4.78 is 32.5. The van der Waals surface area contributed by atoms with Crippen LogP contribution in [-0.4, -0.2) is 26.2 Å². The van der Waals surface area contributed by atoms with E-state index in [2.05, 4.69) is 39.4 Å². The molecular formula is C36H56N2O4S. The molecule has 4 aliphatic carbocycles. The van der Waals surface area contributed by atoms with Gasteiger partial charge >= 0.3 is 5.97 Å². The molecule has 5 rings (SSSR count). The number of nitrogens with one attached hydrogen (secondary N) is 1. The van der Waals surface area contributed by atoms with Gasteiger partial charge in [0.1, 0.15) is 6.10 Å². The van der Waals surface area contributed by atoms with Crippen LogP contribution in [0, 0.1) is 59.2 Å². The lowest BCUT2D eigenvalue weighted by Gasteiger charge is -2.61. The van der Waals surface area contributed by atoms with E-state index in [4.69, 9.17) is 9.84 Å². The minimum atomic E-state index is -3.77. The van der Waals surface area contributed by atoms with E-state index >= 15 is 0 Å². The molecule has 6 nitrogen and oxygen atoms in total. The minimum Gasteiger partial charge on any atom is -0.463 e. The molecule has 1 N–H and O–H groups in total. The van der Waals surface area contributed by atoms with Crippen LogP contribution in [0.1, 0.15) is 118 Å². The second kappa shape index (κ2) is 12.5. The fourth-order valence-corrected chi connectivity index (χ4v) is 11.1. The highest BCUT2D eigenvalue weighted by Gasteiger charge is 2.62. The van der Waals surface area contributed by atoms with E-state index in [1.54, 1.807) is 12.1 Å². The van der Waals surface area contributed by atoms with Crippen LogP contribution in [0.3, 0.4) is 0 Å². The zero-order valence-corrected chi connectivity index (χ0v) is 28.5. The molecule has 0 bridgehead atoms. The standard InChI is InChI=1S/C36H56N2O4S/c1-23(2)9-8-10-25(4)30-15-16-31-34-32(18-20-36(30,31)7)35(6)19-17-28(42-26(5)39)21-27(35)22-33(34)37-38-43(40,41)29-13-11-24(3)12-14-29/h11-14,23,25,27-28,30-32,34,38H,8-10,15-22H2,1-7H3/t25-,27-,28+,30-,31+,32+,34+,35+,36-/m1/s1. The van der Waals surface area contributed by atoms with Gasteiger partial charge in [-0.15, -0.1) is 0 Å². The van der Waals surface area contributed by atoms with Crippen LogP contribution in [0.15, 0.2) is 34.3 Å². The van der Waals surface area contributed by atoms with Crippen molar-refractivity contribution >= 4 is 21.7 Å². The third-order valence-corrected chi connectivity index (χ3v) is 13.8. The van der Waals surface area contributed by atoms with Crippen LogP contribution in [0.25, 0.3) is 0 Å². The van der Waals surface area contributed by atoms with Gasteiger partial charge in [-0.05, 0) is 117 Å². The van der Waals surface area contributed by atoms with E-state index in [1.807, 2.05) is 19.1 Å². The molecule has 0 aromatic heterocycles. The quantitative estimate of drug-likeness (QED) is 0.225. The monoisotopic (exact) mass is 612 g/mol. The third kappa shape index (κ3) is 6.44. The maximum Gasteiger partial charge on any atom is 0.302 e. The fourth-order valence-electron chi connectivity index (χ4n) is 10.3. The van der Waals surface area contributed by atoms with Gasteiger partial charge in [0.05, 0.1) is 4.90 Å². The Hall–Kier alpha value is -1.89. The van der Waals surface area contributed by atoms with Crippen molar-refractivity contribution < 1.29 is 17.9 Å². The molecule has 4 fully saturated rings. The molecule has 0 radical (unpaired) electrons. The number of nitrogens with zero attached hydrogens (tertiary/aromatic N) is 1. The summed E-state index contributed by atoms with van der Waals surface area (Å²) in [5, 5.41) is 4.85. The summed E-state index contributed by atoms with van der Waals surface area (Å²) in [6.07, 6.45) is 12.3. The number of ether oxygens (including phenoxy) is 1. The van der Waals surface area contributed by atoms with Crippen molar-refractivity contribution in [3.05, 3.63) is 29.8 Å². The first kappa shape index (κ1) is 32.5. The summed E-state index contributed by atoms with van der Waals surface area (Å²) in [7, 11) is -3.77. The molecule has 1 aromatic rings. The number of fused-ring (bicyclic) bond motifs is 5. The predicted octanol–water partition coefficient (Wildman–Crippen LogP) is 8.29. The molecule has 43 heavy (non-hydrogen) atoms. The van der Waals surface area contributed by atoms with Crippen LogP contribution in [0.4, 0.5) is 0 Å². The summed E-state index contributed by atoms with van der Waals surface area (Å²) in [4.78, 5) is 14.8. The average Bonchev–Trinajstić information content (AvgIpc) is 3.29. The highest BCUT2D eigenvalue weighted by atomic mass is 32.2. The highest BCUT2D eigenvalue weighted by molar-refractivity contribution is 7.89. The van der Waals surface area contributed by atoms with Crippen LogP contribution in [0.5, 0.6) is 0 Å². The van der Waals surface area contributed by atoms with Gasteiger partial charge < -0.3 is 4.74 Å². The second-order valence-electron chi connectivity index (χ2n) is 15.7. The molecule has 4 aliphatic rings. The van der Waals surface area contributed by atoms with Crippen molar-refractivity contribution in [3.63, 3.8) is 0 Å². The van der Waals surface area contributed by atoms with Gasteiger partial charge in [0.25, 0.3) is 10.0 Å². The number of benzene rings is 1. The summed E-state index contributed by atoms with van der Waals surface area (Å²) in [5.74, 6) is 3.57. The van der Waals surface area contributed by atoms with Gasteiger partial charge in [0.2, 0.25) is 0 Å². The molecule has 9 atom stereocenters. The van der Waals surface area contributed by atoms with Crippen molar-refractivity contribution in [1.82, 2.24) is 4.83 Å². The molecule has 1 aromatic carbocycles. The number of aryl methyl sites for hydroxylation is 1. The zero-order valence-electron chi connectivity index (χ0n) is 27.7. The summed E-state index contributed by atoms with van der Waals surface area (Å²) in [5.41, 5.74) is 2.47. The summed E-state index contributed by atoms with van der Waals surface area (Å²) in [6, 6.07) is 6.97. The van der Waals surface area contributed by atoms with Gasteiger partial charge in [-0.2, -0.15) is 13.5 Å². The van der Waals surface area contributed by atoms with E-state index in [-0.39, 0.29) is 27.8 Å². The molecular weight excluding hydrogens is 556 g/mol. The van der Waals surface area contributed by atoms with E-state index in [9.17, 15) is 13.2 Å². The molecule has 0 unspecified atom stereocenters. The molecule has 0 heterocycles. The van der Waals surface area contributed by atoms with Crippen LogP contribution in [0.2, 0.25) is 0 Å². The Morgan fingerprint density at radius 1 is 1.00 bits per heavy atom. The number of rotatable bonds is 9. The van der Waals surface area contributed by atoms with E-state index in [0.29, 0.717) is 35.5 Å². The number of hydrogen-bond acceptors (Lipinski definition) is 5. The molecule has 7 heteroatoms. The number of hydrogen-bond donors (Lipinski definition) is 1. The predicted molar refractivity (Wildman–Crippen MR) is 173 cm³/mol. The number of sulfonamides is 1. The first-order chi connectivity index (χ1) is 20.2. The van der Waals surface area contributed by atoms with Gasteiger partial charge in [-0.25, -0.2) is 4.83 Å². The lowest BCUT2D eigenvalue weighted by Crippen LogP contribution is -2.58. The molecule has 0 aliphatic heterocycles. The molecule has 0 saturated heterocycles. The third-order valence-electron chi connectivity index (χ3n) is 12.6. The Kier molecular flexibility index (Phi) is 9.43. The maximum atomic E-state index is 13.4. The Bertz CT molecular complexity index is 1290. The van der Waals surface area contributed by atoms with Gasteiger partial charge in [0.15, 0.2) is 0 Å². The van der Waals surface area contributed by atoms with Crippen LogP contribution < -0.4 is 4.83 Å². The molecule has 240 valence electrons. The largest absolute Gasteiger partial charge is 0.463 e. The highest BCUT2D eigenvalue weighted by Crippen LogP contribution is 2.68. The number of carbonyl (C=O) groups excluding carboxylic acids is 1. The SMILES string of the molecule is CC(=O)O[C@H]1CC[C@@]2(C)[C@@H](CC(=NNS(=O)(=O)c3ccc(C)cc3)[C@@H]3[C@@H]2CC[C@]2(C)[C@@H]([C@H](C)CCCC(C)C)CC[C@@H]32)C1. The fraction of sp³-hybridized carbons (Fsp3) is 0.778. The van der Waals surface area contributed by atoms with Gasteiger partial charge in [-0.3, -0.25) is 4.79 Å². The second-order valence-corrected chi connectivity index (χ2v) is 17.4. The average molecular weight is 613 g/mol. The Labute approximate surface area is 261 Å². The Morgan fingerprint density at radius 2 is 1.67 bits per heavy atom. The lowest BCUT2D eigenvalue weighted by molar-refractivity contribution is -0.154. The summed E-state index contributed by atoms with van der Waals surface area (Å²) >= 11 is 0. The molecule has 4 saturated carbocycles. The maximum absolute atomic E-state index is 13.4. The van der Waals surface area contributed by atoms with Crippen molar-refractivity contribution in [1.29, 1.82) is 0 Å². The van der Waals surface area contributed by atoms with E-state index in [1.165, 1.54) is 51.9 Å². The van der Waals surface area contributed by atoms with Crippen molar-refractivity contribution in [2.75, 3.05) is 0 Å². The Morgan fingerprint density at radius 3 is 2.35 bits per heavy atom. The summed E-state index contributed by atoms with van der Waals surface area (Å²) in [6.45, 7) is 15.6. The van der Waals surface area contributed by atoms with Crippen molar-refractivity contribution in [2.24, 2.45) is 57.4 Å². The lowest BCUT2D eigenvalue weighted by atomic mass is 9.44. The van der Waals surface area contributed by atoms with Crippen molar-refractivity contribution in [2.45, 2.75) is 130 Å². The topological polar surface area (TPSA) is 84.8 Å². The number of esters is 1. The number of hydrazone groups is 1. The molecule has 0 spiro atoms. The van der Waals surface area contributed by atoms with Gasteiger partial charge in [0, 0.05) is 18.6 Å². The zero-order chi connectivity index (χ0) is 31.2. The van der Waals surface area contributed by atoms with E-state index < -0.39 is 10.0 Å². The van der Waals surface area contributed by atoms with Crippen molar-refractivity contribution in [3.8, 4) is 0 Å². The van der Waals surface area contributed by atoms with E-state index in [0.717, 1.165) is 42.9 Å². The van der Waals surface area contributed by atoms with Crippen LogP contribution in [-0.2, 0) is 19.6 Å². The Balaban J connectivity index is 1.45. The minimum absolute atomic E-state index is 0.0611. The normalized spacial score (nSPS) is 37.3.